The van der Waals surface area contributed by atoms with E-state index in [9.17, 15) is 4.79 Å². The van der Waals surface area contributed by atoms with Crippen LogP contribution in [0.4, 0.5) is 5.82 Å². The quantitative estimate of drug-likeness (QED) is 0.794. The molecular formula is C20H28ClN3O. The lowest BCUT2D eigenvalue weighted by Gasteiger charge is -2.46. The zero-order chi connectivity index (χ0) is 17.2. The van der Waals surface area contributed by atoms with Gasteiger partial charge in [-0.25, -0.2) is 4.98 Å². The zero-order valence-corrected chi connectivity index (χ0v) is 15.6. The molecule has 1 aliphatic carbocycles. The van der Waals surface area contributed by atoms with Crippen LogP contribution in [-0.2, 0) is 4.79 Å². The van der Waals surface area contributed by atoms with E-state index in [0.29, 0.717) is 17.0 Å². The minimum absolute atomic E-state index is 0.198. The number of aromatic nitrogens is 1. The van der Waals surface area contributed by atoms with Crippen LogP contribution >= 0.6 is 11.6 Å². The van der Waals surface area contributed by atoms with Crippen molar-refractivity contribution in [3.8, 4) is 0 Å². The number of piperidine rings is 2. The molecule has 2 atom stereocenters. The minimum Gasteiger partial charge on any atom is -0.357 e. The normalized spacial score (nSPS) is 27.9. The molecule has 136 valence electrons. The first-order valence-corrected chi connectivity index (χ1v) is 10.3. The maximum absolute atomic E-state index is 13.2. The van der Waals surface area contributed by atoms with E-state index >= 15 is 0 Å². The first-order valence-electron chi connectivity index (χ1n) is 9.89. The van der Waals surface area contributed by atoms with Gasteiger partial charge in [0, 0.05) is 37.8 Å². The molecule has 2 unspecified atom stereocenters. The van der Waals surface area contributed by atoms with Crippen LogP contribution in [0, 0.1) is 11.8 Å². The van der Waals surface area contributed by atoms with E-state index in [1.54, 1.807) is 6.20 Å². The summed E-state index contributed by atoms with van der Waals surface area (Å²) in [6.07, 6.45) is 11.3. The molecule has 0 spiro atoms. The van der Waals surface area contributed by atoms with Crippen molar-refractivity contribution in [3.63, 3.8) is 0 Å². The van der Waals surface area contributed by atoms with Crippen molar-refractivity contribution in [1.29, 1.82) is 0 Å². The van der Waals surface area contributed by atoms with Crippen LogP contribution in [0.3, 0.4) is 0 Å². The molecule has 0 N–H and O–H groups in total. The molecule has 1 amide bonds. The van der Waals surface area contributed by atoms with Crippen molar-refractivity contribution < 1.29 is 4.79 Å². The summed E-state index contributed by atoms with van der Waals surface area (Å²) in [5, 5.41) is 0.668. The number of rotatable bonds is 2. The van der Waals surface area contributed by atoms with Crippen molar-refractivity contribution in [2.75, 3.05) is 24.5 Å². The summed E-state index contributed by atoms with van der Waals surface area (Å²) in [6.45, 7) is 2.80. The molecule has 1 saturated carbocycles. The lowest BCUT2D eigenvalue weighted by Crippen LogP contribution is -2.52. The molecule has 1 aromatic heterocycles. The van der Waals surface area contributed by atoms with Crippen molar-refractivity contribution in [2.45, 2.75) is 57.4 Å². The van der Waals surface area contributed by atoms with Crippen molar-refractivity contribution in [1.82, 2.24) is 9.88 Å². The van der Waals surface area contributed by atoms with Gasteiger partial charge < -0.3 is 9.80 Å². The summed E-state index contributed by atoms with van der Waals surface area (Å²) in [4.78, 5) is 22.1. The van der Waals surface area contributed by atoms with Gasteiger partial charge in [-0.05, 0) is 56.6 Å². The molecule has 3 fully saturated rings. The molecule has 3 heterocycles. The van der Waals surface area contributed by atoms with Gasteiger partial charge in [-0.15, -0.1) is 0 Å². The molecule has 0 aromatic carbocycles. The van der Waals surface area contributed by atoms with Crippen LogP contribution in [-0.4, -0.2) is 41.5 Å². The standard InChI is InChI=1S/C20H28ClN3O/c21-17-7-8-19(22-14-17)23-12-9-16(10-13-23)20(25)24-11-3-5-15-4-1-2-6-18(15)24/h7-8,14-16,18H,1-6,9-13H2. The summed E-state index contributed by atoms with van der Waals surface area (Å²) in [6, 6.07) is 4.39. The molecule has 3 aliphatic rings. The molecule has 2 saturated heterocycles. The zero-order valence-electron chi connectivity index (χ0n) is 14.9. The van der Waals surface area contributed by atoms with E-state index in [1.165, 1.54) is 38.5 Å². The molecule has 25 heavy (non-hydrogen) atoms. The van der Waals surface area contributed by atoms with Gasteiger partial charge in [0.05, 0.1) is 5.02 Å². The van der Waals surface area contributed by atoms with Crippen LogP contribution in [0.15, 0.2) is 18.3 Å². The summed E-state index contributed by atoms with van der Waals surface area (Å²) < 4.78 is 0. The Morgan fingerprint density at radius 2 is 1.76 bits per heavy atom. The highest BCUT2D eigenvalue weighted by Gasteiger charge is 2.38. The number of carbonyl (C=O) groups is 1. The van der Waals surface area contributed by atoms with E-state index in [4.69, 9.17) is 11.6 Å². The molecule has 0 radical (unpaired) electrons. The average molecular weight is 362 g/mol. The van der Waals surface area contributed by atoms with Crippen LogP contribution in [0.2, 0.25) is 5.02 Å². The van der Waals surface area contributed by atoms with Gasteiger partial charge in [0.15, 0.2) is 0 Å². The first kappa shape index (κ1) is 17.1. The van der Waals surface area contributed by atoms with Crippen molar-refractivity contribution in [3.05, 3.63) is 23.4 Å². The number of halogens is 1. The Morgan fingerprint density at radius 3 is 2.52 bits per heavy atom. The molecular weight excluding hydrogens is 334 g/mol. The number of nitrogens with zero attached hydrogens (tertiary/aromatic N) is 3. The smallest absolute Gasteiger partial charge is 0.226 e. The second-order valence-corrected chi connectivity index (χ2v) is 8.32. The second-order valence-electron chi connectivity index (χ2n) is 7.88. The number of hydrogen-bond donors (Lipinski definition) is 0. The third-order valence-corrected chi connectivity index (χ3v) is 6.63. The summed E-state index contributed by atoms with van der Waals surface area (Å²) in [7, 11) is 0. The maximum Gasteiger partial charge on any atom is 0.226 e. The molecule has 0 bridgehead atoms. The summed E-state index contributed by atoms with van der Waals surface area (Å²) >= 11 is 5.93. The van der Waals surface area contributed by atoms with Gasteiger partial charge >= 0.3 is 0 Å². The fourth-order valence-corrected chi connectivity index (χ4v) is 5.16. The Kier molecular flexibility index (Phi) is 5.16. The van der Waals surface area contributed by atoms with Gasteiger partial charge in [0.2, 0.25) is 5.91 Å². The fraction of sp³-hybridized carbons (Fsp3) is 0.700. The number of hydrogen-bond acceptors (Lipinski definition) is 3. The molecule has 2 aliphatic heterocycles. The number of anilines is 1. The number of pyridine rings is 1. The third-order valence-electron chi connectivity index (χ3n) is 6.41. The lowest BCUT2D eigenvalue weighted by atomic mass is 9.77. The monoisotopic (exact) mass is 361 g/mol. The Hall–Kier alpha value is -1.29. The summed E-state index contributed by atoms with van der Waals surface area (Å²) in [5.74, 6) is 2.37. The fourth-order valence-electron chi connectivity index (χ4n) is 5.04. The Morgan fingerprint density at radius 1 is 1.00 bits per heavy atom. The Bertz CT molecular complexity index is 595. The third kappa shape index (κ3) is 3.64. The Labute approximate surface area is 155 Å². The second kappa shape index (κ2) is 7.53. The van der Waals surface area contributed by atoms with Crippen LogP contribution in [0.5, 0.6) is 0 Å². The highest BCUT2D eigenvalue weighted by atomic mass is 35.5. The van der Waals surface area contributed by atoms with Gasteiger partial charge in [0.25, 0.3) is 0 Å². The predicted octanol–water partition coefficient (Wildman–Crippen LogP) is 4.13. The number of likely N-dealkylation sites (tertiary alicyclic amines) is 1. The average Bonchev–Trinajstić information content (AvgIpc) is 2.68. The predicted molar refractivity (Wildman–Crippen MR) is 101 cm³/mol. The van der Waals surface area contributed by atoms with Gasteiger partial charge in [-0.1, -0.05) is 24.4 Å². The number of carbonyl (C=O) groups excluding carboxylic acids is 1. The minimum atomic E-state index is 0.198. The van der Waals surface area contributed by atoms with E-state index in [1.807, 2.05) is 12.1 Å². The van der Waals surface area contributed by atoms with Gasteiger partial charge in [-0.3, -0.25) is 4.79 Å². The number of fused-ring (bicyclic) bond motifs is 1. The molecule has 4 rings (SSSR count). The maximum atomic E-state index is 13.2. The SMILES string of the molecule is O=C(C1CCN(c2ccc(Cl)cn2)CC1)N1CCCC2CCCCC21. The van der Waals surface area contributed by atoms with Crippen LogP contribution in [0.1, 0.15) is 51.4 Å². The first-order chi connectivity index (χ1) is 12.2. The number of amides is 1. The highest BCUT2D eigenvalue weighted by molar-refractivity contribution is 6.30. The summed E-state index contributed by atoms with van der Waals surface area (Å²) in [5.41, 5.74) is 0. The highest BCUT2D eigenvalue weighted by Crippen LogP contribution is 2.37. The van der Waals surface area contributed by atoms with Gasteiger partial charge in [-0.2, -0.15) is 0 Å². The van der Waals surface area contributed by atoms with Crippen molar-refractivity contribution in [2.24, 2.45) is 11.8 Å². The molecule has 4 nitrogen and oxygen atoms in total. The lowest BCUT2D eigenvalue weighted by molar-refractivity contribution is -0.142. The van der Waals surface area contributed by atoms with E-state index < -0.39 is 0 Å². The largest absolute Gasteiger partial charge is 0.357 e. The van der Waals surface area contributed by atoms with Crippen LogP contribution < -0.4 is 4.90 Å². The topological polar surface area (TPSA) is 36.4 Å². The molecule has 5 heteroatoms. The van der Waals surface area contributed by atoms with E-state index in [0.717, 1.165) is 44.2 Å². The van der Waals surface area contributed by atoms with Crippen molar-refractivity contribution >= 4 is 23.3 Å². The van der Waals surface area contributed by atoms with E-state index in [-0.39, 0.29) is 5.92 Å². The molecule has 1 aromatic rings. The van der Waals surface area contributed by atoms with Crippen LogP contribution in [0.25, 0.3) is 0 Å². The Balaban J connectivity index is 1.36. The van der Waals surface area contributed by atoms with E-state index in [2.05, 4.69) is 14.8 Å². The van der Waals surface area contributed by atoms with Gasteiger partial charge in [0.1, 0.15) is 5.82 Å².